The molecule has 0 radical (unpaired) electrons. The number of amides is 1. The first-order valence-corrected chi connectivity index (χ1v) is 6.94. The summed E-state index contributed by atoms with van der Waals surface area (Å²) in [6, 6.07) is 12.7. The number of hydrogen-bond acceptors (Lipinski definition) is 3. The molecule has 2 aromatic rings. The predicted molar refractivity (Wildman–Crippen MR) is 88.6 cm³/mol. The Morgan fingerprint density at radius 1 is 1.05 bits per heavy atom. The van der Waals surface area contributed by atoms with Gasteiger partial charge >= 0.3 is 0 Å². The van der Waals surface area contributed by atoms with Crippen molar-refractivity contribution in [1.29, 1.82) is 0 Å². The van der Waals surface area contributed by atoms with E-state index in [1.165, 1.54) is 0 Å². The molecule has 4 nitrogen and oxygen atoms in total. The van der Waals surface area contributed by atoms with Crippen LogP contribution >= 0.6 is 0 Å². The molecule has 0 aromatic heterocycles. The SMILES string of the molecule is C/C=C/c1ccccc1NC(=O)c1cc(OC)cc(OC)c1. The Kier molecular flexibility index (Phi) is 5.20. The van der Waals surface area contributed by atoms with Crippen LogP contribution < -0.4 is 14.8 Å². The minimum absolute atomic E-state index is 0.214. The number of methoxy groups -OCH3 is 2. The number of ether oxygens (including phenoxy) is 2. The number of hydrogen-bond donors (Lipinski definition) is 1. The summed E-state index contributed by atoms with van der Waals surface area (Å²) in [4.78, 5) is 12.5. The zero-order chi connectivity index (χ0) is 15.9. The molecule has 0 saturated carbocycles. The van der Waals surface area contributed by atoms with E-state index in [9.17, 15) is 4.79 Å². The Morgan fingerprint density at radius 3 is 2.27 bits per heavy atom. The summed E-state index contributed by atoms with van der Waals surface area (Å²) < 4.78 is 10.4. The van der Waals surface area contributed by atoms with Crippen molar-refractivity contribution in [3.63, 3.8) is 0 Å². The van der Waals surface area contributed by atoms with Gasteiger partial charge in [0.05, 0.1) is 14.2 Å². The van der Waals surface area contributed by atoms with Gasteiger partial charge in [-0.2, -0.15) is 0 Å². The van der Waals surface area contributed by atoms with Gasteiger partial charge in [-0.15, -0.1) is 0 Å². The van der Waals surface area contributed by atoms with E-state index < -0.39 is 0 Å². The molecule has 0 aliphatic heterocycles. The van der Waals surface area contributed by atoms with Gasteiger partial charge in [0.15, 0.2) is 0 Å². The molecule has 0 fully saturated rings. The van der Waals surface area contributed by atoms with Gasteiger partial charge in [0.1, 0.15) is 11.5 Å². The summed E-state index contributed by atoms with van der Waals surface area (Å²) in [5.74, 6) is 0.937. The molecule has 0 saturated heterocycles. The molecule has 4 heteroatoms. The fraction of sp³-hybridized carbons (Fsp3) is 0.167. The van der Waals surface area contributed by atoms with Crippen molar-refractivity contribution in [2.24, 2.45) is 0 Å². The Balaban J connectivity index is 2.30. The first-order chi connectivity index (χ1) is 10.7. The van der Waals surface area contributed by atoms with Gasteiger partial charge in [0.2, 0.25) is 0 Å². The first kappa shape index (κ1) is 15.6. The quantitative estimate of drug-likeness (QED) is 0.907. The molecular weight excluding hydrogens is 278 g/mol. The van der Waals surface area contributed by atoms with Crippen molar-refractivity contribution in [2.75, 3.05) is 19.5 Å². The van der Waals surface area contributed by atoms with E-state index in [-0.39, 0.29) is 5.91 Å². The average Bonchev–Trinajstić information content (AvgIpc) is 2.56. The molecular formula is C18H19NO3. The van der Waals surface area contributed by atoms with Crippen molar-refractivity contribution < 1.29 is 14.3 Å². The summed E-state index contributed by atoms with van der Waals surface area (Å²) in [5.41, 5.74) is 2.19. The monoisotopic (exact) mass is 297 g/mol. The number of anilines is 1. The van der Waals surface area contributed by atoms with Gasteiger partial charge < -0.3 is 14.8 Å². The molecule has 0 unspecified atom stereocenters. The lowest BCUT2D eigenvalue weighted by Crippen LogP contribution is -2.13. The van der Waals surface area contributed by atoms with Gasteiger partial charge in [-0.3, -0.25) is 4.79 Å². The molecule has 2 aromatic carbocycles. The summed E-state index contributed by atoms with van der Waals surface area (Å²) in [5, 5.41) is 2.91. The number of allylic oxidation sites excluding steroid dienone is 1. The lowest BCUT2D eigenvalue weighted by atomic mass is 10.1. The smallest absolute Gasteiger partial charge is 0.255 e. The van der Waals surface area contributed by atoms with Crippen LogP contribution in [0.25, 0.3) is 6.08 Å². The van der Waals surface area contributed by atoms with Crippen LogP contribution in [0.15, 0.2) is 48.5 Å². The van der Waals surface area contributed by atoms with Crippen molar-refractivity contribution >= 4 is 17.7 Å². The molecule has 1 N–H and O–H groups in total. The van der Waals surface area contributed by atoms with Crippen LogP contribution in [0.4, 0.5) is 5.69 Å². The third-order valence-electron chi connectivity index (χ3n) is 3.17. The van der Waals surface area contributed by atoms with Crippen molar-refractivity contribution in [3.8, 4) is 11.5 Å². The summed E-state index contributed by atoms with van der Waals surface area (Å²) in [6.45, 7) is 1.94. The number of rotatable bonds is 5. The normalized spacial score (nSPS) is 10.5. The van der Waals surface area contributed by atoms with Gasteiger partial charge in [-0.05, 0) is 30.7 Å². The standard InChI is InChI=1S/C18H19NO3/c1-4-7-13-8-5-6-9-17(13)19-18(20)14-10-15(21-2)12-16(11-14)22-3/h4-12H,1-3H3,(H,19,20)/b7-4+. The lowest BCUT2D eigenvalue weighted by Gasteiger charge is -2.11. The zero-order valence-corrected chi connectivity index (χ0v) is 12.9. The molecule has 0 aliphatic carbocycles. The largest absolute Gasteiger partial charge is 0.497 e. The van der Waals surface area contributed by atoms with Crippen LogP contribution in [0.2, 0.25) is 0 Å². The zero-order valence-electron chi connectivity index (χ0n) is 12.9. The molecule has 22 heavy (non-hydrogen) atoms. The molecule has 0 heterocycles. The Bertz CT molecular complexity index is 670. The van der Waals surface area contributed by atoms with Gasteiger partial charge in [-0.1, -0.05) is 30.4 Å². The lowest BCUT2D eigenvalue weighted by molar-refractivity contribution is 0.102. The molecule has 0 bridgehead atoms. The van der Waals surface area contributed by atoms with Crippen LogP contribution in [-0.2, 0) is 0 Å². The Morgan fingerprint density at radius 2 is 1.68 bits per heavy atom. The van der Waals surface area contributed by atoms with Crippen molar-refractivity contribution in [3.05, 3.63) is 59.7 Å². The van der Waals surface area contributed by atoms with Crippen LogP contribution in [-0.4, -0.2) is 20.1 Å². The van der Waals surface area contributed by atoms with Crippen molar-refractivity contribution in [2.45, 2.75) is 6.92 Å². The number of benzene rings is 2. The highest BCUT2D eigenvalue weighted by Crippen LogP contribution is 2.24. The van der Waals surface area contributed by atoms with Crippen molar-refractivity contribution in [1.82, 2.24) is 0 Å². The summed E-state index contributed by atoms with van der Waals surface area (Å²) in [6.07, 6.45) is 3.88. The van der Waals surface area contributed by atoms with E-state index in [1.807, 2.05) is 43.3 Å². The topological polar surface area (TPSA) is 47.6 Å². The van der Waals surface area contributed by atoms with Crippen LogP contribution in [0.1, 0.15) is 22.8 Å². The minimum atomic E-state index is -0.214. The Labute approximate surface area is 130 Å². The molecule has 2 rings (SSSR count). The number of para-hydroxylation sites is 1. The summed E-state index contributed by atoms with van der Waals surface area (Å²) >= 11 is 0. The maximum Gasteiger partial charge on any atom is 0.255 e. The maximum absolute atomic E-state index is 12.5. The number of carbonyl (C=O) groups excluding carboxylic acids is 1. The van der Waals surface area contributed by atoms with Crippen LogP contribution in [0.5, 0.6) is 11.5 Å². The number of nitrogens with one attached hydrogen (secondary N) is 1. The van der Waals surface area contributed by atoms with Gasteiger partial charge in [0.25, 0.3) is 5.91 Å². The third kappa shape index (κ3) is 3.67. The third-order valence-corrected chi connectivity index (χ3v) is 3.17. The van der Waals surface area contributed by atoms with Crippen LogP contribution in [0.3, 0.4) is 0 Å². The van der Waals surface area contributed by atoms with E-state index >= 15 is 0 Å². The minimum Gasteiger partial charge on any atom is -0.497 e. The molecule has 0 atom stereocenters. The fourth-order valence-electron chi connectivity index (χ4n) is 2.07. The van der Waals surface area contributed by atoms with E-state index in [0.29, 0.717) is 17.1 Å². The highest BCUT2D eigenvalue weighted by atomic mass is 16.5. The van der Waals surface area contributed by atoms with E-state index in [4.69, 9.17) is 9.47 Å². The van der Waals surface area contributed by atoms with Gasteiger partial charge in [-0.25, -0.2) is 0 Å². The Hall–Kier alpha value is -2.75. The van der Waals surface area contributed by atoms with Gasteiger partial charge in [0, 0.05) is 17.3 Å². The number of carbonyl (C=O) groups is 1. The molecule has 114 valence electrons. The second kappa shape index (κ2) is 7.31. The van der Waals surface area contributed by atoms with E-state index in [0.717, 1.165) is 11.3 Å². The first-order valence-electron chi connectivity index (χ1n) is 6.94. The molecule has 1 amide bonds. The fourth-order valence-corrected chi connectivity index (χ4v) is 2.07. The predicted octanol–water partition coefficient (Wildman–Crippen LogP) is 3.99. The second-order valence-corrected chi connectivity index (χ2v) is 4.64. The highest BCUT2D eigenvalue weighted by molar-refractivity contribution is 6.05. The second-order valence-electron chi connectivity index (χ2n) is 4.64. The average molecular weight is 297 g/mol. The maximum atomic E-state index is 12.5. The molecule has 0 spiro atoms. The van der Waals surface area contributed by atoms with E-state index in [1.54, 1.807) is 32.4 Å². The highest BCUT2D eigenvalue weighted by Gasteiger charge is 2.11. The van der Waals surface area contributed by atoms with E-state index in [2.05, 4.69) is 5.32 Å². The summed E-state index contributed by atoms with van der Waals surface area (Å²) in [7, 11) is 3.11. The molecule has 0 aliphatic rings. The van der Waals surface area contributed by atoms with Crippen LogP contribution in [0, 0.1) is 0 Å².